The second kappa shape index (κ2) is 4.48. The van der Waals surface area contributed by atoms with E-state index in [2.05, 4.69) is 25.3 Å². The Bertz CT molecular complexity index is 361. The van der Waals surface area contributed by atoms with Crippen molar-refractivity contribution < 1.29 is 0 Å². The van der Waals surface area contributed by atoms with Crippen LogP contribution in [0.1, 0.15) is 69.9 Å². The summed E-state index contributed by atoms with van der Waals surface area (Å²) in [5, 5.41) is 0. The largest absolute Gasteiger partial charge is 0.384 e. The molecule has 1 aliphatic rings. The second-order valence-corrected chi connectivity index (χ2v) is 5.16. The van der Waals surface area contributed by atoms with E-state index in [1.54, 1.807) is 0 Å². The van der Waals surface area contributed by atoms with Crippen molar-refractivity contribution in [1.29, 1.82) is 0 Å². The monoisotopic (exact) mass is 221 g/mol. The standard InChI is InChI=1S/C13H23N3/c1-4-5-6-11-12(14)16(10-7-8-10)13(15-11)9(2)3/h9-10H,4-8,14H2,1-3H3. The summed E-state index contributed by atoms with van der Waals surface area (Å²) in [6.07, 6.45) is 5.96. The Kier molecular flexibility index (Phi) is 3.22. The number of unbranched alkanes of at least 4 members (excludes halogenated alkanes) is 1. The topological polar surface area (TPSA) is 43.8 Å². The highest BCUT2D eigenvalue weighted by Crippen LogP contribution is 2.40. The third-order valence-electron chi connectivity index (χ3n) is 3.25. The number of nitrogens with two attached hydrogens (primary N) is 1. The molecule has 0 bridgehead atoms. The number of imidazole rings is 1. The normalized spacial score (nSPS) is 16.0. The van der Waals surface area contributed by atoms with Crippen LogP contribution in [0, 0.1) is 0 Å². The van der Waals surface area contributed by atoms with Gasteiger partial charge in [0.25, 0.3) is 0 Å². The molecule has 2 rings (SSSR count). The zero-order chi connectivity index (χ0) is 11.7. The number of anilines is 1. The van der Waals surface area contributed by atoms with Gasteiger partial charge in [-0.15, -0.1) is 0 Å². The van der Waals surface area contributed by atoms with Crippen LogP contribution in [0.25, 0.3) is 0 Å². The summed E-state index contributed by atoms with van der Waals surface area (Å²) >= 11 is 0. The van der Waals surface area contributed by atoms with Crippen molar-refractivity contribution in [3.63, 3.8) is 0 Å². The van der Waals surface area contributed by atoms with Gasteiger partial charge in [-0.3, -0.25) is 0 Å². The molecule has 0 aromatic carbocycles. The van der Waals surface area contributed by atoms with Crippen LogP contribution < -0.4 is 5.73 Å². The fraction of sp³-hybridized carbons (Fsp3) is 0.769. The molecule has 3 heteroatoms. The summed E-state index contributed by atoms with van der Waals surface area (Å²) in [5.74, 6) is 2.59. The summed E-state index contributed by atoms with van der Waals surface area (Å²) in [6.45, 7) is 6.60. The van der Waals surface area contributed by atoms with Gasteiger partial charge in [0.2, 0.25) is 0 Å². The lowest BCUT2D eigenvalue weighted by molar-refractivity contribution is 0.645. The minimum absolute atomic E-state index is 0.471. The lowest BCUT2D eigenvalue weighted by atomic mass is 10.2. The van der Waals surface area contributed by atoms with Crippen molar-refractivity contribution in [2.45, 2.75) is 64.8 Å². The van der Waals surface area contributed by atoms with Crippen LogP contribution in [0.15, 0.2) is 0 Å². The molecule has 1 heterocycles. The predicted octanol–water partition coefficient (Wildman–Crippen LogP) is 3.27. The van der Waals surface area contributed by atoms with E-state index >= 15 is 0 Å². The van der Waals surface area contributed by atoms with Crippen LogP contribution in [0.5, 0.6) is 0 Å². The smallest absolute Gasteiger partial charge is 0.127 e. The number of rotatable bonds is 5. The molecule has 1 aromatic rings. The average Bonchev–Trinajstić information content (AvgIpc) is 3.01. The Morgan fingerprint density at radius 1 is 1.44 bits per heavy atom. The molecule has 0 radical (unpaired) electrons. The number of hydrogen-bond acceptors (Lipinski definition) is 2. The molecule has 0 aliphatic heterocycles. The van der Waals surface area contributed by atoms with E-state index in [4.69, 9.17) is 10.7 Å². The third kappa shape index (κ3) is 2.08. The Hall–Kier alpha value is -0.990. The van der Waals surface area contributed by atoms with E-state index in [0.29, 0.717) is 12.0 Å². The maximum Gasteiger partial charge on any atom is 0.127 e. The lowest BCUT2D eigenvalue weighted by Gasteiger charge is -2.10. The first kappa shape index (κ1) is 11.5. The van der Waals surface area contributed by atoms with E-state index in [-0.39, 0.29) is 0 Å². The van der Waals surface area contributed by atoms with Gasteiger partial charge in [-0.05, 0) is 25.7 Å². The van der Waals surface area contributed by atoms with Crippen LogP contribution in [-0.4, -0.2) is 9.55 Å². The summed E-state index contributed by atoms with van der Waals surface area (Å²) in [6, 6.07) is 0.639. The predicted molar refractivity (Wildman–Crippen MR) is 67.6 cm³/mol. The molecule has 0 spiro atoms. The summed E-state index contributed by atoms with van der Waals surface area (Å²) in [4.78, 5) is 4.75. The minimum atomic E-state index is 0.471. The molecule has 0 amide bonds. The van der Waals surface area contributed by atoms with E-state index in [1.165, 1.54) is 31.5 Å². The van der Waals surface area contributed by atoms with Crippen molar-refractivity contribution in [3.8, 4) is 0 Å². The van der Waals surface area contributed by atoms with Gasteiger partial charge in [-0.25, -0.2) is 4.98 Å². The molecular formula is C13H23N3. The highest BCUT2D eigenvalue weighted by Gasteiger charge is 2.30. The SMILES string of the molecule is CCCCc1nc(C(C)C)n(C2CC2)c1N. The zero-order valence-electron chi connectivity index (χ0n) is 10.7. The van der Waals surface area contributed by atoms with E-state index < -0.39 is 0 Å². The van der Waals surface area contributed by atoms with Crippen molar-refractivity contribution in [3.05, 3.63) is 11.5 Å². The second-order valence-electron chi connectivity index (χ2n) is 5.16. The molecule has 1 aliphatic carbocycles. The van der Waals surface area contributed by atoms with E-state index in [0.717, 1.165) is 17.9 Å². The first-order chi connectivity index (χ1) is 7.65. The molecule has 90 valence electrons. The third-order valence-corrected chi connectivity index (χ3v) is 3.25. The maximum atomic E-state index is 6.22. The van der Waals surface area contributed by atoms with Gasteiger partial charge in [-0.1, -0.05) is 27.2 Å². The minimum Gasteiger partial charge on any atom is -0.384 e. The Morgan fingerprint density at radius 2 is 2.12 bits per heavy atom. The van der Waals surface area contributed by atoms with Gasteiger partial charge in [0.1, 0.15) is 11.6 Å². The van der Waals surface area contributed by atoms with Gasteiger partial charge in [0, 0.05) is 12.0 Å². The Balaban J connectivity index is 2.29. The zero-order valence-corrected chi connectivity index (χ0v) is 10.7. The van der Waals surface area contributed by atoms with Crippen molar-refractivity contribution in [1.82, 2.24) is 9.55 Å². The first-order valence-electron chi connectivity index (χ1n) is 6.51. The van der Waals surface area contributed by atoms with Gasteiger partial charge in [0.05, 0.1) is 5.69 Å². The highest BCUT2D eigenvalue weighted by atomic mass is 15.2. The van der Waals surface area contributed by atoms with Crippen LogP contribution >= 0.6 is 0 Å². The van der Waals surface area contributed by atoms with Crippen LogP contribution in [0.3, 0.4) is 0 Å². The fourth-order valence-corrected chi connectivity index (χ4v) is 2.16. The number of hydrogen-bond donors (Lipinski definition) is 1. The molecule has 16 heavy (non-hydrogen) atoms. The lowest BCUT2D eigenvalue weighted by Crippen LogP contribution is -2.06. The molecular weight excluding hydrogens is 198 g/mol. The molecule has 1 aromatic heterocycles. The number of nitrogen functional groups attached to an aromatic ring is 1. The van der Waals surface area contributed by atoms with Gasteiger partial charge >= 0.3 is 0 Å². The molecule has 2 N–H and O–H groups in total. The van der Waals surface area contributed by atoms with Gasteiger partial charge in [-0.2, -0.15) is 0 Å². The van der Waals surface area contributed by atoms with Crippen molar-refractivity contribution >= 4 is 5.82 Å². The highest BCUT2D eigenvalue weighted by molar-refractivity contribution is 5.40. The van der Waals surface area contributed by atoms with Gasteiger partial charge in [0.15, 0.2) is 0 Å². The number of nitrogens with zero attached hydrogens (tertiary/aromatic N) is 2. The molecule has 0 unspecified atom stereocenters. The van der Waals surface area contributed by atoms with Gasteiger partial charge < -0.3 is 10.3 Å². The summed E-state index contributed by atoms with van der Waals surface area (Å²) in [5.41, 5.74) is 7.35. The molecule has 0 saturated heterocycles. The van der Waals surface area contributed by atoms with E-state index in [9.17, 15) is 0 Å². The number of aromatic nitrogens is 2. The summed E-state index contributed by atoms with van der Waals surface area (Å²) < 4.78 is 2.29. The van der Waals surface area contributed by atoms with Crippen molar-refractivity contribution in [2.24, 2.45) is 0 Å². The fourth-order valence-electron chi connectivity index (χ4n) is 2.16. The van der Waals surface area contributed by atoms with Crippen LogP contribution in [0.2, 0.25) is 0 Å². The van der Waals surface area contributed by atoms with Crippen LogP contribution in [0.4, 0.5) is 5.82 Å². The quantitative estimate of drug-likeness (QED) is 0.829. The van der Waals surface area contributed by atoms with E-state index in [1.807, 2.05) is 0 Å². The summed E-state index contributed by atoms with van der Waals surface area (Å²) in [7, 11) is 0. The number of aryl methyl sites for hydroxylation is 1. The maximum absolute atomic E-state index is 6.22. The molecule has 1 fully saturated rings. The molecule has 1 saturated carbocycles. The van der Waals surface area contributed by atoms with Crippen molar-refractivity contribution in [2.75, 3.05) is 5.73 Å². The molecule has 3 nitrogen and oxygen atoms in total. The first-order valence-corrected chi connectivity index (χ1v) is 6.51. The Labute approximate surface area is 98.1 Å². The molecule has 0 atom stereocenters. The van der Waals surface area contributed by atoms with Crippen LogP contribution in [-0.2, 0) is 6.42 Å². The average molecular weight is 221 g/mol. The Morgan fingerprint density at radius 3 is 2.62 bits per heavy atom.